The van der Waals surface area contributed by atoms with E-state index in [1.807, 2.05) is 53.1 Å². The Morgan fingerprint density at radius 3 is 2.37 bits per heavy atom. The van der Waals surface area contributed by atoms with Crippen LogP contribution in [0.4, 0.5) is 4.39 Å². The van der Waals surface area contributed by atoms with Gasteiger partial charge in [0, 0.05) is 28.9 Å². The minimum atomic E-state index is -0.266. The van der Waals surface area contributed by atoms with Crippen molar-refractivity contribution in [3.8, 4) is 17.1 Å². The van der Waals surface area contributed by atoms with Gasteiger partial charge in [-0.25, -0.2) is 4.39 Å². The maximum absolute atomic E-state index is 13.4. The third-order valence-corrected chi connectivity index (χ3v) is 5.00. The first-order valence-corrected chi connectivity index (χ1v) is 9.59. The molecule has 0 saturated heterocycles. The van der Waals surface area contributed by atoms with E-state index in [1.165, 1.54) is 12.1 Å². The zero-order chi connectivity index (χ0) is 18.5. The lowest BCUT2D eigenvalue weighted by Gasteiger charge is -2.10. The second kappa shape index (κ2) is 8.14. The molecule has 0 saturated carbocycles. The molecule has 4 rings (SSSR count). The zero-order valence-electron chi connectivity index (χ0n) is 14.5. The van der Waals surface area contributed by atoms with E-state index in [1.54, 1.807) is 30.1 Å². The summed E-state index contributed by atoms with van der Waals surface area (Å²) >= 11 is 1.61. The quantitative estimate of drug-likeness (QED) is 0.453. The predicted octanol–water partition coefficient (Wildman–Crippen LogP) is 4.80. The van der Waals surface area contributed by atoms with Crippen molar-refractivity contribution in [1.29, 1.82) is 0 Å². The van der Waals surface area contributed by atoms with E-state index in [9.17, 15) is 4.39 Å². The first kappa shape index (κ1) is 17.4. The summed E-state index contributed by atoms with van der Waals surface area (Å²) in [6, 6.07) is 22.2. The highest BCUT2D eigenvalue weighted by Gasteiger charge is 2.16. The highest BCUT2D eigenvalue weighted by molar-refractivity contribution is 7.99. The van der Waals surface area contributed by atoms with E-state index in [2.05, 4.69) is 15.2 Å². The van der Waals surface area contributed by atoms with E-state index in [4.69, 9.17) is 0 Å². The maximum Gasteiger partial charge on any atom is 0.196 e. The van der Waals surface area contributed by atoms with Gasteiger partial charge in [0.1, 0.15) is 5.82 Å². The zero-order valence-corrected chi connectivity index (χ0v) is 15.3. The van der Waals surface area contributed by atoms with Gasteiger partial charge in [-0.2, -0.15) is 0 Å². The van der Waals surface area contributed by atoms with E-state index >= 15 is 0 Å². The predicted molar refractivity (Wildman–Crippen MR) is 105 cm³/mol. The molecule has 0 bridgehead atoms. The Balaban J connectivity index is 1.64. The lowest BCUT2D eigenvalue weighted by atomic mass is 10.2. The van der Waals surface area contributed by atoms with Gasteiger partial charge in [0.15, 0.2) is 11.0 Å². The Morgan fingerprint density at radius 2 is 1.63 bits per heavy atom. The lowest BCUT2D eigenvalue weighted by Crippen LogP contribution is -2.01. The van der Waals surface area contributed by atoms with E-state index in [0.717, 1.165) is 40.1 Å². The molecule has 6 heteroatoms. The molecule has 0 radical (unpaired) electrons. The van der Waals surface area contributed by atoms with Gasteiger partial charge in [-0.05, 0) is 42.8 Å². The van der Waals surface area contributed by atoms with Gasteiger partial charge in [-0.3, -0.25) is 9.55 Å². The van der Waals surface area contributed by atoms with Crippen LogP contribution in [0.1, 0.15) is 5.69 Å². The fourth-order valence-corrected chi connectivity index (χ4v) is 3.67. The summed E-state index contributed by atoms with van der Waals surface area (Å²) in [5, 5.41) is 9.55. The maximum atomic E-state index is 13.4. The van der Waals surface area contributed by atoms with Gasteiger partial charge in [0.25, 0.3) is 0 Å². The molecular weight excluding hydrogens is 359 g/mol. The van der Waals surface area contributed by atoms with Gasteiger partial charge >= 0.3 is 0 Å². The van der Waals surface area contributed by atoms with Crippen molar-refractivity contribution in [2.75, 3.05) is 5.75 Å². The number of hydrogen-bond donors (Lipinski definition) is 0. The lowest BCUT2D eigenvalue weighted by molar-refractivity contribution is 0.627. The molecule has 0 N–H and O–H groups in total. The number of pyridine rings is 1. The van der Waals surface area contributed by atoms with Crippen LogP contribution in [0.3, 0.4) is 0 Å². The molecule has 0 amide bonds. The van der Waals surface area contributed by atoms with Gasteiger partial charge < -0.3 is 0 Å². The molecule has 0 unspecified atom stereocenters. The fraction of sp³-hybridized carbons (Fsp3) is 0.0952. The van der Waals surface area contributed by atoms with Crippen molar-refractivity contribution in [3.63, 3.8) is 0 Å². The standard InChI is InChI=1S/C21H17FN4S/c22-17-9-11-19(12-10-17)26-20(16-6-2-1-3-7-16)24-25-21(26)27-15-13-18-8-4-5-14-23-18/h1-12,14H,13,15H2. The second-order valence-electron chi connectivity index (χ2n) is 5.90. The van der Waals surface area contributed by atoms with Crippen molar-refractivity contribution < 1.29 is 4.39 Å². The summed E-state index contributed by atoms with van der Waals surface area (Å²) in [6.45, 7) is 0. The Labute approximate surface area is 161 Å². The highest BCUT2D eigenvalue weighted by Crippen LogP contribution is 2.28. The molecule has 27 heavy (non-hydrogen) atoms. The van der Waals surface area contributed by atoms with Crippen LogP contribution in [-0.4, -0.2) is 25.5 Å². The topological polar surface area (TPSA) is 43.6 Å². The van der Waals surface area contributed by atoms with Crippen molar-refractivity contribution in [2.45, 2.75) is 11.6 Å². The van der Waals surface area contributed by atoms with Gasteiger partial charge in [-0.15, -0.1) is 10.2 Å². The van der Waals surface area contributed by atoms with E-state index in [-0.39, 0.29) is 5.82 Å². The average molecular weight is 376 g/mol. The highest BCUT2D eigenvalue weighted by atomic mass is 32.2. The van der Waals surface area contributed by atoms with Crippen LogP contribution >= 0.6 is 11.8 Å². The number of aromatic nitrogens is 4. The smallest absolute Gasteiger partial charge is 0.196 e. The van der Waals surface area contributed by atoms with Gasteiger partial charge in [0.2, 0.25) is 0 Å². The molecule has 0 aliphatic rings. The molecule has 0 spiro atoms. The van der Waals surface area contributed by atoms with Crippen molar-refractivity contribution in [1.82, 2.24) is 19.7 Å². The number of halogens is 1. The third kappa shape index (κ3) is 4.06. The monoisotopic (exact) mass is 376 g/mol. The molecule has 0 aliphatic carbocycles. The van der Waals surface area contributed by atoms with Crippen LogP contribution in [0.5, 0.6) is 0 Å². The summed E-state index contributed by atoms with van der Waals surface area (Å²) in [5.41, 5.74) is 2.84. The van der Waals surface area contributed by atoms with Crippen molar-refractivity contribution in [3.05, 3.63) is 90.5 Å². The number of benzene rings is 2. The molecule has 2 aromatic heterocycles. The van der Waals surface area contributed by atoms with Crippen LogP contribution in [0.15, 0.2) is 84.1 Å². The minimum absolute atomic E-state index is 0.266. The number of thioether (sulfide) groups is 1. The summed E-state index contributed by atoms with van der Waals surface area (Å²) in [7, 11) is 0. The number of hydrogen-bond acceptors (Lipinski definition) is 4. The first-order chi connectivity index (χ1) is 13.3. The van der Waals surface area contributed by atoms with Crippen LogP contribution in [-0.2, 0) is 6.42 Å². The molecule has 4 aromatic rings. The van der Waals surface area contributed by atoms with Crippen LogP contribution in [0, 0.1) is 5.82 Å². The van der Waals surface area contributed by atoms with Gasteiger partial charge in [0.05, 0.1) is 0 Å². The largest absolute Gasteiger partial charge is 0.270 e. The first-order valence-electron chi connectivity index (χ1n) is 8.61. The Hall–Kier alpha value is -2.99. The molecule has 4 nitrogen and oxygen atoms in total. The molecule has 134 valence electrons. The molecule has 2 heterocycles. The van der Waals surface area contributed by atoms with E-state index < -0.39 is 0 Å². The van der Waals surface area contributed by atoms with Crippen LogP contribution in [0.2, 0.25) is 0 Å². The number of aryl methyl sites for hydroxylation is 1. The SMILES string of the molecule is Fc1ccc(-n2c(SCCc3ccccn3)nnc2-c2ccccc2)cc1. The summed E-state index contributed by atoms with van der Waals surface area (Å²) in [4.78, 5) is 4.36. The normalized spacial score (nSPS) is 10.9. The van der Waals surface area contributed by atoms with Crippen LogP contribution in [0.25, 0.3) is 17.1 Å². The molecule has 2 aromatic carbocycles. The summed E-state index contributed by atoms with van der Waals surface area (Å²) < 4.78 is 15.4. The van der Waals surface area contributed by atoms with Crippen LogP contribution < -0.4 is 0 Å². The minimum Gasteiger partial charge on any atom is -0.270 e. The molecular formula is C21H17FN4S. The van der Waals surface area contributed by atoms with Crippen molar-refractivity contribution in [2.24, 2.45) is 0 Å². The molecule has 0 aliphatic heterocycles. The van der Waals surface area contributed by atoms with Gasteiger partial charge in [-0.1, -0.05) is 48.2 Å². The Morgan fingerprint density at radius 1 is 0.852 bits per heavy atom. The third-order valence-electron chi connectivity index (χ3n) is 4.07. The fourth-order valence-electron chi connectivity index (χ4n) is 2.75. The Bertz CT molecular complexity index is 1000. The Kier molecular flexibility index (Phi) is 5.25. The summed E-state index contributed by atoms with van der Waals surface area (Å²) in [6.07, 6.45) is 2.64. The second-order valence-corrected chi connectivity index (χ2v) is 6.97. The number of nitrogens with zero attached hydrogens (tertiary/aromatic N) is 4. The molecule has 0 fully saturated rings. The average Bonchev–Trinajstić information content (AvgIpc) is 3.14. The van der Waals surface area contributed by atoms with E-state index in [0.29, 0.717) is 0 Å². The van der Waals surface area contributed by atoms with Crippen molar-refractivity contribution >= 4 is 11.8 Å². The molecule has 0 atom stereocenters. The number of rotatable bonds is 6. The summed E-state index contributed by atoms with van der Waals surface area (Å²) in [5.74, 6) is 1.30.